The summed E-state index contributed by atoms with van der Waals surface area (Å²) in [5, 5.41) is 10.4. The molecule has 0 spiro atoms. The number of aromatic carboxylic acids is 1. The molecule has 0 saturated carbocycles. The fourth-order valence-electron chi connectivity index (χ4n) is 2.98. The Labute approximate surface area is 124 Å². The molecule has 4 heteroatoms. The summed E-state index contributed by atoms with van der Waals surface area (Å²) in [6, 6.07) is 9.43. The Morgan fingerprint density at radius 1 is 1.29 bits per heavy atom. The van der Waals surface area contributed by atoms with Crippen molar-refractivity contribution in [3.8, 4) is 0 Å². The molecule has 1 aliphatic heterocycles. The monoisotopic (exact) mass is 284 g/mol. The van der Waals surface area contributed by atoms with Crippen LogP contribution in [0.4, 0.5) is 5.82 Å². The van der Waals surface area contributed by atoms with Crippen LogP contribution < -0.4 is 4.90 Å². The lowest BCUT2D eigenvalue weighted by atomic mass is 10.0. The van der Waals surface area contributed by atoms with Crippen molar-refractivity contribution in [2.75, 3.05) is 18.0 Å². The number of carbonyl (C=O) groups is 1. The van der Waals surface area contributed by atoms with Crippen molar-refractivity contribution < 1.29 is 9.90 Å². The Morgan fingerprint density at radius 3 is 2.90 bits per heavy atom. The fourth-order valence-corrected chi connectivity index (χ4v) is 2.98. The molecule has 1 unspecified atom stereocenters. The van der Waals surface area contributed by atoms with Gasteiger partial charge in [0, 0.05) is 18.5 Å². The number of fused-ring (bicyclic) bond motifs is 1. The second-order valence-electron chi connectivity index (χ2n) is 5.88. The molecule has 4 nitrogen and oxygen atoms in total. The molecule has 0 bridgehead atoms. The number of nitrogens with zero attached hydrogens (tertiary/aromatic N) is 2. The summed E-state index contributed by atoms with van der Waals surface area (Å²) >= 11 is 0. The molecule has 1 fully saturated rings. The van der Waals surface area contributed by atoms with Crippen molar-refractivity contribution in [2.24, 2.45) is 5.92 Å². The third kappa shape index (κ3) is 2.84. The molecule has 1 saturated heterocycles. The number of para-hydroxylation sites is 1. The van der Waals surface area contributed by atoms with Crippen LogP contribution in [0.5, 0.6) is 0 Å². The van der Waals surface area contributed by atoms with Gasteiger partial charge < -0.3 is 10.0 Å². The third-order valence-corrected chi connectivity index (χ3v) is 4.25. The molecule has 0 radical (unpaired) electrons. The molecule has 110 valence electrons. The van der Waals surface area contributed by atoms with Crippen LogP contribution in [0, 0.1) is 5.92 Å². The number of rotatable bonds is 2. The highest BCUT2D eigenvalue weighted by atomic mass is 16.4. The molecule has 1 aromatic carbocycles. The first-order chi connectivity index (χ1) is 10.1. The van der Waals surface area contributed by atoms with Crippen molar-refractivity contribution in [3.05, 3.63) is 35.9 Å². The van der Waals surface area contributed by atoms with E-state index in [0.29, 0.717) is 17.3 Å². The summed E-state index contributed by atoms with van der Waals surface area (Å²) in [6.07, 6.45) is 3.38. The first-order valence-corrected chi connectivity index (χ1v) is 7.53. The SMILES string of the molecule is CC1CCCN(c2nc3ccccc3cc2C(=O)O)CC1. The lowest BCUT2D eigenvalue weighted by Gasteiger charge is -2.23. The van der Waals surface area contributed by atoms with Crippen LogP contribution in [0.25, 0.3) is 10.9 Å². The molecule has 1 N–H and O–H groups in total. The molecule has 0 amide bonds. The number of benzene rings is 1. The topological polar surface area (TPSA) is 53.4 Å². The van der Waals surface area contributed by atoms with E-state index in [1.54, 1.807) is 6.07 Å². The van der Waals surface area contributed by atoms with Gasteiger partial charge in [0.1, 0.15) is 11.4 Å². The normalized spacial score (nSPS) is 19.5. The molecule has 1 atom stereocenters. The van der Waals surface area contributed by atoms with Gasteiger partial charge in [-0.1, -0.05) is 25.1 Å². The van der Waals surface area contributed by atoms with Crippen molar-refractivity contribution in [1.29, 1.82) is 0 Å². The van der Waals surface area contributed by atoms with Gasteiger partial charge in [0.2, 0.25) is 0 Å². The summed E-state index contributed by atoms with van der Waals surface area (Å²) in [4.78, 5) is 18.4. The van der Waals surface area contributed by atoms with Crippen molar-refractivity contribution >= 4 is 22.7 Å². The Kier molecular flexibility index (Phi) is 3.78. The zero-order valence-electron chi connectivity index (χ0n) is 12.2. The molecule has 0 aliphatic carbocycles. The van der Waals surface area contributed by atoms with Crippen LogP contribution in [0.2, 0.25) is 0 Å². The highest BCUT2D eigenvalue weighted by Crippen LogP contribution is 2.27. The number of carboxylic acids is 1. The van der Waals surface area contributed by atoms with Gasteiger partial charge in [-0.15, -0.1) is 0 Å². The minimum absolute atomic E-state index is 0.309. The smallest absolute Gasteiger partial charge is 0.339 e. The molecule has 1 aromatic heterocycles. The molecular weight excluding hydrogens is 264 g/mol. The first-order valence-electron chi connectivity index (χ1n) is 7.53. The van der Waals surface area contributed by atoms with Gasteiger partial charge in [0.05, 0.1) is 5.52 Å². The molecule has 2 aromatic rings. The number of aromatic nitrogens is 1. The van der Waals surface area contributed by atoms with E-state index in [9.17, 15) is 9.90 Å². The van der Waals surface area contributed by atoms with E-state index in [-0.39, 0.29) is 0 Å². The lowest BCUT2D eigenvalue weighted by molar-refractivity contribution is 0.0697. The maximum atomic E-state index is 11.6. The standard InChI is InChI=1S/C17H20N2O2/c1-12-5-4-9-19(10-8-12)16-14(17(20)21)11-13-6-2-3-7-15(13)18-16/h2-3,6-7,11-12H,4-5,8-10H2,1H3,(H,20,21). The van der Waals surface area contributed by atoms with Crippen LogP contribution >= 0.6 is 0 Å². The number of hydrogen-bond acceptors (Lipinski definition) is 3. The predicted octanol–water partition coefficient (Wildman–Crippen LogP) is 3.56. The van der Waals surface area contributed by atoms with Crippen molar-refractivity contribution in [2.45, 2.75) is 26.2 Å². The van der Waals surface area contributed by atoms with E-state index in [1.807, 2.05) is 24.3 Å². The van der Waals surface area contributed by atoms with Gasteiger partial charge in [0.15, 0.2) is 0 Å². The largest absolute Gasteiger partial charge is 0.478 e. The summed E-state index contributed by atoms with van der Waals surface area (Å²) in [5.74, 6) is 0.416. The minimum atomic E-state index is -0.902. The predicted molar refractivity (Wildman–Crippen MR) is 83.9 cm³/mol. The number of anilines is 1. The van der Waals surface area contributed by atoms with E-state index in [0.717, 1.165) is 36.8 Å². The first kappa shape index (κ1) is 13.9. The highest BCUT2D eigenvalue weighted by Gasteiger charge is 2.21. The summed E-state index contributed by atoms with van der Waals surface area (Å²) < 4.78 is 0. The average Bonchev–Trinajstić information content (AvgIpc) is 2.70. The number of carboxylic acid groups (broad SMARTS) is 1. The van der Waals surface area contributed by atoms with Gasteiger partial charge in [0.25, 0.3) is 0 Å². The van der Waals surface area contributed by atoms with Crippen molar-refractivity contribution in [1.82, 2.24) is 4.98 Å². The van der Waals surface area contributed by atoms with E-state index in [1.165, 1.54) is 6.42 Å². The van der Waals surface area contributed by atoms with Gasteiger partial charge >= 0.3 is 5.97 Å². The van der Waals surface area contributed by atoms with E-state index in [2.05, 4.69) is 16.8 Å². The molecule has 2 heterocycles. The Hall–Kier alpha value is -2.10. The van der Waals surface area contributed by atoms with Gasteiger partial charge in [-0.05, 0) is 37.3 Å². The van der Waals surface area contributed by atoms with Crippen LogP contribution in [-0.2, 0) is 0 Å². The maximum absolute atomic E-state index is 11.6. The van der Waals surface area contributed by atoms with Gasteiger partial charge in [-0.3, -0.25) is 0 Å². The highest BCUT2D eigenvalue weighted by molar-refractivity contribution is 5.98. The van der Waals surface area contributed by atoms with E-state index in [4.69, 9.17) is 0 Å². The Morgan fingerprint density at radius 2 is 2.10 bits per heavy atom. The summed E-state index contributed by atoms with van der Waals surface area (Å²) in [7, 11) is 0. The maximum Gasteiger partial charge on any atom is 0.339 e. The van der Waals surface area contributed by atoms with E-state index >= 15 is 0 Å². The molecule has 21 heavy (non-hydrogen) atoms. The quantitative estimate of drug-likeness (QED) is 0.916. The third-order valence-electron chi connectivity index (χ3n) is 4.25. The Balaban J connectivity index is 2.06. The number of pyridine rings is 1. The van der Waals surface area contributed by atoms with Gasteiger partial charge in [-0.25, -0.2) is 9.78 Å². The molecule has 1 aliphatic rings. The number of hydrogen-bond donors (Lipinski definition) is 1. The van der Waals surface area contributed by atoms with Crippen LogP contribution in [-0.4, -0.2) is 29.1 Å². The zero-order chi connectivity index (χ0) is 14.8. The van der Waals surface area contributed by atoms with Crippen LogP contribution in [0.15, 0.2) is 30.3 Å². The van der Waals surface area contributed by atoms with Gasteiger partial charge in [-0.2, -0.15) is 0 Å². The summed E-state index contributed by atoms with van der Waals surface area (Å²) in [6.45, 7) is 4.03. The van der Waals surface area contributed by atoms with Crippen LogP contribution in [0.1, 0.15) is 36.5 Å². The Bertz CT molecular complexity index is 669. The van der Waals surface area contributed by atoms with Crippen molar-refractivity contribution in [3.63, 3.8) is 0 Å². The zero-order valence-corrected chi connectivity index (χ0v) is 12.2. The molecule has 3 rings (SSSR count). The minimum Gasteiger partial charge on any atom is -0.478 e. The molecular formula is C17H20N2O2. The average molecular weight is 284 g/mol. The second kappa shape index (κ2) is 5.72. The fraction of sp³-hybridized carbons (Fsp3) is 0.412. The van der Waals surface area contributed by atoms with Crippen LogP contribution in [0.3, 0.4) is 0 Å². The summed E-state index contributed by atoms with van der Waals surface area (Å²) in [5.41, 5.74) is 1.16. The van der Waals surface area contributed by atoms with E-state index < -0.39 is 5.97 Å². The lowest BCUT2D eigenvalue weighted by Crippen LogP contribution is -2.27. The second-order valence-corrected chi connectivity index (χ2v) is 5.88.